The van der Waals surface area contributed by atoms with Crippen molar-refractivity contribution in [2.45, 2.75) is 31.5 Å². The van der Waals surface area contributed by atoms with Crippen molar-refractivity contribution in [2.75, 3.05) is 12.3 Å². The van der Waals surface area contributed by atoms with Crippen LogP contribution in [0.15, 0.2) is 34.8 Å². The number of carbonyl (C=O) groups excluding carboxylic acids is 3. The van der Waals surface area contributed by atoms with Crippen molar-refractivity contribution in [2.24, 2.45) is 16.6 Å². The van der Waals surface area contributed by atoms with Crippen LogP contribution in [0, 0.1) is 5.41 Å². The highest BCUT2D eigenvalue weighted by Crippen LogP contribution is 2.33. The summed E-state index contributed by atoms with van der Waals surface area (Å²) in [6, 6.07) is 4.75. The summed E-state index contributed by atoms with van der Waals surface area (Å²) in [5.74, 6) is -2.81. The van der Waals surface area contributed by atoms with E-state index in [1.54, 1.807) is 0 Å². The topological polar surface area (TPSA) is 276 Å². The lowest BCUT2D eigenvalue weighted by atomic mass is 9.84. The number of nitrogens with one attached hydrogen (secondary N) is 2. The molecule has 1 aromatic carbocycles. The van der Waals surface area contributed by atoms with E-state index < -0.39 is 58.1 Å². The number of thiazole rings is 1. The predicted molar refractivity (Wildman–Crippen MR) is 136 cm³/mol. The van der Waals surface area contributed by atoms with Crippen molar-refractivity contribution in [1.82, 2.24) is 15.4 Å². The average molecular weight is 585 g/mol. The van der Waals surface area contributed by atoms with Crippen molar-refractivity contribution in [3.8, 4) is 5.75 Å². The Morgan fingerprint density at radius 2 is 1.95 bits per heavy atom. The minimum Gasteiger partial charge on any atom is -0.489 e. The molecule has 0 spiro atoms. The Labute approximate surface area is 225 Å². The molecule has 9 N–H and O–H groups in total. The Hall–Kier alpha value is -4.33. The summed E-state index contributed by atoms with van der Waals surface area (Å²) >= 11 is 0.967. The number of nitrogens with two attached hydrogens (primary N) is 3. The molecule has 1 saturated heterocycles. The summed E-state index contributed by atoms with van der Waals surface area (Å²) < 4.78 is 40.6. The zero-order valence-electron chi connectivity index (χ0n) is 20.4. The van der Waals surface area contributed by atoms with E-state index in [1.165, 1.54) is 43.5 Å². The van der Waals surface area contributed by atoms with Crippen LogP contribution in [0.2, 0.25) is 0 Å². The quantitative estimate of drug-likeness (QED) is 0.0547. The van der Waals surface area contributed by atoms with E-state index in [0.29, 0.717) is 16.4 Å². The van der Waals surface area contributed by atoms with E-state index in [9.17, 15) is 22.8 Å². The molecule has 1 fully saturated rings. The predicted octanol–water partition coefficient (Wildman–Crippen LogP) is -1.50. The zero-order chi connectivity index (χ0) is 29.1. The number of primary amides is 1. The van der Waals surface area contributed by atoms with Gasteiger partial charge in [0.25, 0.3) is 17.7 Å². The average Bonchev–Trinajstić information content (AvgIpc) is 3.28. The number of amidine groups is 1. The molecule has 1 aliphatic rings. The first-order chi connectivity index (χ1) is 18.1. The van der Waals surface area contributed by atoms with E-state index in [0.717, 1.165) is 11.3 Å². The van der Waals surface area contributed by atoms with Crippen LogP contribution in [0.25, 0.3) is 0 Å². The third-order valence-electron chi connectivity index (χ3n) is 5.26. The fourth-order valence-corrected chi connectivity index (χ4v) is 4.21. The standard InChI is InChI=1S/C20H24N8O9S2/c1-20(2)14(18(31)28(20)37-39(32,33)34)26-17(30)13(11-8-38-19(24)25-11)27-36-12(16(23)29)7-35-10-5-3-9(4-6-10)15(21)22/h3-6,8,12,14H,7H2,1-2H3,(H3,21,22)(H2,23,29)(H2,24,25)(H,26,30)(H,32,33,34)/b27-13-/t12?,14-/m1/s1. The van der Waals surface area contributed by atoms with Crippen molar-refractivity contribution >= 4 is 56.1 Å². The SMILES string of the molecule is CC1(C)[C@H](NC(=O)/C(=N\OC(COc2ccc(C(=N)N)cc2)C(N)=O)c2csc(N)n2)C(=O)N1OS(=O)(=O)O. The lowest BCUT2D eigenvalue weighted by Gasteiger charge is -2.50. The number of carbonyl (C=O) groups is 3. The van der Waals surface area contributed by atoms with Gasteiger partial charge in [-0.2, -0.15) is 13.5 Å². The van der Waals surface area contributed by atoms with Crippen LogP contribution in [0.1, 0.15) is 25.1 Å². The zero-order valence-corrected chi connectivity index (χ0v) is 22.0. The molecule has 0 bridgehead atoms. The number of amides is 3. The van der Waals surface area contributed by atoms with Gasteiger partial charge in [-0.3, -0.25) is 24.3 Å². The maximum Gasteiger partial charge on any atom is 0.418 e. The first kappa shape index (κ1) is 29.2. The molecule has 19 heteroatoms. The van der Waals surface area contributed by atoms with Crippen LogP contribution in [0.5, 0.6) is 5.75 Å². The molecule has 39 heavy (non-hydrogen) atoms. The number of nitrogen functional groups attached to an aromatic ring is 2. The number of benzene rings is 1. The van der Waals surface area contributed by atoms with Crippen LogP contribution >= 0.6 is 11.3 Å². The van der Waals surface area contributed by atoms with Crippen LogP contribution in [-0.2, 0) is 33.9 Å². The second-order valence-electron chi connectivity index (χ2n) is 8.45. The maximum atomic E-state index is 13.1. The smallest absolute Gasteiger partial charge is 0.418 e. The highest BCUT2D eigenvalue weighted by atomic mass is 32.3. The number of hydrogen-bond donors (Lipinski definition) is 6. The minimum absolute atomic E-state index is 0.0606. The number of hydrogen-bond acceptors (Lipinski definition) is 13. The molecule has 17 nitrogen and oxygen atoms in total. The van der Waals surface area contributed by atoms with Crippen molar-refractivity contribution in [3.63, 3.8) is 0 Å². The minimum atomic E-state index is -5.00. The van der Waals surface area contributed by atoms with Gasteiger partial charge in [0, 0.05) is 10.9 Å². The first-order valence-corrected chi connectivity index (χ1v) is 13.0. The van der Waals surface area contributed by atoms with Gasteiger partial charge in [0.05, 0.1) is 5.54 Å². The number of nitrogens with zero attached hydrogens (tertiary/aromatic N) is 3. The summed E-state index contributed by atoms with van der Waals surface area (Å²) in [6.07, 6.45) is -1.48. The number of oxime groups is 1. The van der Waals surface area contributed by atoms with Gasteiger partial charge in [-0.25, -0.2) is 4.98 Å². The van der Waals surface area contributed by atoms with Crippen LogP contribution in [0.4, 0.5) is 5.13 Å². The Kier molecular flexibility index (Phi) is 8.39. The van der Waals surface area contributed by atoms with Crippen molar-refractivity contribution < 1.29 is 41.2 Å². The van der Waals surface area contributed by atoms with E-state index in [-0.39, 0.29) is 16.7 Å². The number of aromatic nitrogens is 1. The molecule has 1 aromatic heterocycles. The van der Waals surface area contributed by atoms with Gasteiger partial charge < -0.3 is 32.1 Å². The molecule has 0 saturated carbocycles. The molecular weight excluding hydrogens is 560 g/mol. The number of ether oxygens (including phenoxy) is 1. The van der Waals surface area contributed by atoms with Crippen LogP contribution in [0.3, 0.4) is 0 Å². The van der Waals surface area contributed by atoms with Gasteiger partial charge in [0.15, 0.2) is 10.8 Å². The number of hydroxylamine groups is 2. The highest BCUT2D eigenvalue weighted by molar-refractivity contribution is 7.80. The molecule has 1 aliphatic heterocycles. The van der Waals surface area contributed by atoms with Gasteiger partial charge in [-0.05, 0) is 38.1 Å². The monoisotopic (exact) mass is 584 g/mol. The molecule has 210 valence electrons. The largest absolute Gasteiger partial charge is 0.489 e. The maximum absolute atomic E-state index is 13.1. The molecule has 2 aromatic rings. The normalized spacial score (nSPS) is 17.6. The van der Waals surface area contributed by atoms with Gasteiger partial charge >= 0.3 is 10.4 Å². The van der Waals surface area contributed by atoms with E-state index >= 15 is 0 Å². The third-order valence-corrected chi connectivity index (χ3v) is 6.27. The fraction of sp³-hybridized carbons (Fsp3) is 0.300. The highest BCUT2D eigenvalue weighted by Gasteiger charge is 2.58. The van der Waals surface area contributed by atoms with Gasteiger partial charge in [-0.15, -0.1) is 15.6 Å². The molecule has 3 rings (SSSR count). The van der Waals surface area contributed by atoms with Gasteiger partial charge in [0.1, 0.15) is 29.9 Å². The summed E-state index contributed by atoms with van der Waals surface area (Å²) in [5.41, 5.74) is 14.9. The number of rotatable bonds is 12. The molecule has 1 unspecified atom stereocenters. The van der Waals surface area contributed by atoms with Crippen LogP contribution < -0.4 is 27.3 Å². The molecule has 2 heterocycles. The third kappa shape index (κ3) is 6.96. The Morgan fingerprint density at radius 3 is 2.44 bits per heavy atom. The van der Waals surface area contributed by atoms with Gasteiger partial charge in [0.2, 0.25) is 6.10 Å². The van der Waals surface area contributed by atoms with Crippen LogP contribution in [-0.4, -0.2) is 76.6 Å². The molecule has 3 amide bonds. The molecule has 2 atom stereocenters. The van der Waals surface area contributed by atoms with Crippen molar-refractivity contribution in [1.29, 1.82) is 5.41 Å². The summed E-state index contributed by atoms with van der Waals surface area (Å²) in [6.45, 7) is 2.31. The lowest BCUT2D eigenvalue weighted by Crippen LogP contribution is -2.76. The van der Waals surface area contributed by atoms with Crippen molar-refractivity contribution in [3.05, 3.63) is 40.9 Å². The van der Waals surface area contributed by atoms with E-state index in [1.807, 2.05) is 0 Å². The molecule has 0 radical (unpaired) electrons. The van der Waals surface area contributed by atoms with E-state index in [2.05, 4.69) is 19.7 Å². The molecular formula is C20H24N8O9S2. The van der Waals surface area contributed by atoms with Gasteiger partial charge in [-0.1, -0.05) is 5.16 Å². The Bertz CT molecular complexity index is 1420. The second kappa shape index (κ2) is 11.2. The van der Waals surface area contributed by atoms with E-state index in [4.69, 9.17) is 36.7 Å². The first-order valence-electron chi connectivity index (χ1n) is 10.7. The number of anilines is 1. The second-order valence-corrected chi connectivity index (χ2v) is 10.3. The Balaban J connectivity index is 1.76. The fourth-order valence-electron chi connectivity index (χ4n) is 3.20. The Morgan fingerprint density at radius 1 is 1.31 bits per heavy atom. The number of β-lactam (4-membered cyclic amide) rings is 1. The summed E-state index contributed by atoms with van der Waals surface area (Å²) in [4.78, 5) is 46.6. The summed E-state index contributed by atoms with van der Waals surface area (Å²) in [7, 11) is -5.00. The molecule has 0 aliphatic carbocycles. The summed E-state index contributed by atoms with van der Waals surface area (Å²) in [5, 5.41) is 15.3. The lowest BCUT2D eigenvalue weighted by molar-refractivity contribution is -0.218.